The lowest BCUT2D eigenvalue weighted by atomic mass is 10.2. The first-order valence-corrected chi connectivity index (χ1v) is 7.35. The summed E-state index contributed by atoms with van der Waals surface area (Å²) in [6.45, 7) is 1.86. The lowest BCUT2D eigenvalue weighted by Crippen LogP contribution is -2.20. The van der Waals surface area contributed by atoms with Crippen molar-refractivity contribution in [3.8, 4) is 0 Å². The molecule has 0 bridgehead atoms. The van der Waals surface area contributed by atoms with Gasteiger partial charge in [-0.15, -0.1) is 0 Å². The van der Waals surface area contributed by atoms with Gasteiger partial charge >= 0.3 is 12.2 Å². The minimum Gasteiger partial charge on any atom is -0.308 e. The van der Waals surface area contributed by atoms with Crippen molar-refractivity contribution in [1.29, 1.82) is 0 Å². The highest BCUT2D eigenvalue weighted by Crippen LogP contribution is 2.29. The number of carbonyl (C=O) groups excluding carboxylic acids is 1. The van der Waals surface area contributed by atoms with Gasteiger partial charge in [-0.2, -0.15) is 13.2 Å². The number of hydrogen-bond donors (Lipinski definition) is 2. The molecule has 2 aromatic carbocycles. The Morgan fingerprint density at radius 2 is 1.68 bits per heavy atom. The molecule has 0 aliphatic heterocycles. The van der Waals surface area contributed by atoms with Crippen molar-refractivity contribution in [1.82, 2.24) is 0 Å². The third-order valence-electron chi connectivity index (χ3n) is 2.91. The molecule has 0 fully saturated rings. The van der Waals surface area contributed by atoms with Gasteiger partial charge in [-0.3, -0.25) is 0 Å². The van der Waals surface area contributed by atoms with E-state index in [2.05, 4.69) is 33.2 Å². The van der Waals surface area contributed by atoms with Crippen molar-refractivity contribution in [2.45, 2.75) is 13.1 Å². The zero-order valence-corrected chi connectivity index (χ0v) is 13.6. The van der Waals surface area contributed by atoms with E-state index in [0.29, 0.717) is 5.69 Å². The van der Waals surface area contributed by atoms with Crippen LogP contribution in [0.1, 0.15) is 11.1 Å². The van der Waals surface area contributed by atoms with Crippen molar-refractivity contribution in [2.75, 3.05) is 10.6 Å². The smallest absolute Gasteiger partial charge is 0.308 e. The van der Waals surface area contributed by atoms with E-state index in [0.717, 1.165) is 21.3 Å². The Morgan fingerprint density at radius 3 is 2.23 bits per heavy atom. The molecule has 0 saturated carbocycles. The molecule has 116 valence electrons. The molecule has 0 spiro atoms. The van der Waals surface area contributed by atoms with Crippen LogP contribution >= 0.6 is 22.6 Å². The lowest BCUT2D eigenvalue weighted by molar-refractivity contribution is -0.137. The summed E-state index contributed by atoms with van der Waals surface area (Å²) in [6.07, 6.45) is -4.39. The summed E-state index contributed by atoms with van der Waals surface area (Å²) in [6, 6.07) is 9.28. The molecular weight excluding hydrogens is 408 g/mol. The van der Waals surface area contributed by atoms with Crippen molar-refractivity contribution in [2.24, 2.45) is 0 Å². The molecule has 3 nitrogen and oxygen atoms in total. The molecule has 0 saturated heterocycles. The van der Waals surface area contributed by atoms with Gasteiger partial charge < -0.3 is 10.6 Å². The molecule has 0 aromatic heterocycles. The second kappa shape index (κ2) is 6.55. The Hall–Kier alpha value is -1.77. The van der Waals surface area contributed by atoms with Crippen LogP contribution in [0, 0.1) is 10.5 Å². The predicted molar refractivity (Wildman–Crippen MR) is 88.0 cm³/mol. The van der Waals surface area contributed by atoms with E-state index in [1.807, 2.05) is 19.1 Å². The third-order valence-corrected chi connectivity index (χ3v) is 3.58. The largest absolute Gasteiger partial charge is 0.416 e. The van der Waals surface area contributed by atoms with Crippen LogP contribution in [0.4, 0.5) is 29.3 Å². The lowest BCUT2D eigenvalue weighted by Gasteiger charge is -2.11. The quantitative estimate of drug-likeness (QED) is 0.640. The van der Waals surface area contributed by atoms with Gasteiger partial charge in [0.15, 0.2) is 0 Å². The van der Waals surface area contributed by atoms with Gasteiger partial charge in [0.2, 0.25) is 0 Å². The van der Waals surface area contributed by atoms with Gasteiger partial charge in [-0.05, 0) is 77.5 Å². The molecule has 0 aliphatic carbocycles. The zero-order chi connectivity index (χ0) is 16.3. The molecule has 0 aliphatic rings. The topological polar surface area (TPSA) is 41.1 Å². The van der Waals surface area contributed by atoms with E-state index >= 15 is 0 Å². The summed E-state index contributed by atoms with van der Waals surface area (Å²) in [5, 5.41) is 5.15. The first-order valence-electron chi connectivity index (χ1n) is 6.27. The number of urea groups is 1. The van der Waals surface area contributed by atoms with Gasteiger partial charge in [0.1, 0.15) is 0 Å². The zero-order valence-electron chi connectivity index (χ0n) is 11.5. The van der Waals surface area contributed by atoms with Crippen LogP contribution in [0.25, 0.3) is 0 Å². The maximum absolute atomic E-state index is 12.4. The number of alkyl halides is 3. The fraction of sp³-hybridized carbons (Fsp3) is 0.133. The molecule has 2 aromatic rings. The highest BCUT2D eigenvalue weighted by Gasteiger charge is 2.29. The molecule has 0 unspecified atom stereocenters. The summed E-state index contributed by atoms with van der Waals surface area (Å²) in [5.41, 5.74) is 1.07. The van der Waals surface area contributed by atoms with Crippen molar-refractivity contribution in [3.05, 3.63) is 57.2 Å². The van der Waals surface area contributed by atoms with Crippen molar-refractivity contribution in [3.63, 3.8) is 0 Å². The van der Waals surface area contributed by atoms with Crippen LogP contribution in [0.5, 0.6) is 0 Å². The number of rotatable bonds is 2. The van der Waals surface area contributed by atoms with E-state index in [1.165, 1.54) is 12.1 Å². The first-order chi connectivity index (χ1) is 10.3. The minimum atomic E-state index is -4.39. The second-order valence-corrected chi connectivity index (χ2v) is 5.86. The molecule has 0 heterocycles. The average Bonchev–Trinajstić information content (AvgIpc) is 2.41. The van der Waals surface area contributed by atoms with E-state index in [-0.39, 0.29) is 5.69 Å². The van der Waals surface area contributed by atoms with E-state index in [4.69, 9.17) is 0 Å². The number of aryl methyl sites for hydroxylation is 1. The number of hydrogen-bond acceptors (Lipinski definition) is 1. The number of anilines is 2. The summed E-state index contributed by atoms with van der Waals surface area (Å²) in [5.74, 6) is 0. The van der Waals surface area contributed by atoms with Crippen LogP contribution in [0.3, 0.4) is 0 Å². The highest BCUT2D eigenvalue weighted by atomic mass is 127. The Kier molecular flexibility index (Phi) is 4.94. The first kappa shape index (κ1) is 16.6. The van der Waals surface area contributed by atoms with Gasteiger partial charge in [0, 0.05) is 14.9 Å². The SMILES string of the molecule is Cc1cc(I)ccc1NC(=O)Nc1ccc(C(F)(F)F)cc1. The minimum absolute atomic E-state index is 0.286. The fourth-order valence-electron chi connectivity index (χ4n) is 1.79. The monoisotopic (exact) mass is 420 g/mol. The standard InChI is InChI=1S/C15H12F3IN2O/c1-9-8-11(19)4-7-13(9)21-14(22)20-12-5-2-10(3-6-12)15(16,17)18/h2-8H,1H3,(H2,20,21,22). The molecule has 2 rings (SSSR count). The average molecular weight is 420 g/mol. The number of carbonyl (C=O) groups is 1. The number of benzene rings is 2. The maximum atomic E-state index is 12.4. The number of nitrogens with one attached hydrogen (secondary N) is 2. The maximum Gasteiger partial charge on any atom is 0.416 e. The van der Waals surface area contributed by atoms with Crippen LogP contribution in [-0.2, 0) is 6.18 Å². The highest BCUT2D eigenvalue weighted by molar-refractivity contribution is 14.1. The van der Waals surface area contributed by atoms with Crippen molar-refractivity contribution < 1.29 is 18.0 Å². The van der Waals surface area contributed by atoms with Gasteiger partial charge in [-0.25, -0.2) is 4.79 Å². The number of halogens is 4. The van der Waals surface area contributed by atoms with Gasteiger partial charge in [-0.1, -0.05) is 0 Å². The fourth-order valence-corrected chi connectivity index (χ4v) is 2.44. The van der Waals surface area contributed by atoms with Crippen LogP contribution in [0.15, 0.2) is 42.5 Å². The Bertz CT molecular complexity index is 684. The molecule has 0 atom stereocenters. The van der Waals surface area contributed by atoms with E-state index in [1.54, 1.807) is 6.07 Å². The molecule has 2 N–H and O–H groups in total. The molecule has 7 heteroatoms. The van der Waals surface area contributed by atoms with Crippen LogP contribution in [-0.4, -0.2) is 6.03 Å². The normalized spacial score (nSPS) is 11.1. The summed E-state index contributed by atoms with van der Waals surface area (Å²) in [7, 11) is 0. The molecular formula is C15H12F3IN2O. The predicted octanol–water partition coefficient (Wildman–Crippen LogP) is 5.26. The van der Waals surface area contributed by atoms with Crippen LogP contribution in [0.2, 0.25) is 0 Å². The van der Waals surface area contributed by atoms with Crippen molar-refractivity contribution >= 4 is 40.0 Å². The third kappa shape index (κ3) is 4.36. The van der Waals surface area contributed by atoms with Crippen LogP contribution < -0.4 is 10.6 Å². The van der Waals surface area contributed by atoms with E-state index in [9.17, 15) is 18.0 Å². The summed E-state index contributed by atoms with van der Waals surface area (Å²) < 4.78 is 38.4. The summed E-state index contributed by atoms with van der Waals surface area (Å²) >= 11 is 2.16. The van der Waals surface area contributed by atoms with E-state index < -0.39 is 17.8 Å². The Morgan fingerprint density at radius 1 is 1.05 bits per heavy atom. The Balaban J connectivity index is 2.03. The number of amides is 2. The Labute approximate surface area is 139 Å². The van der Waals surface area contributed by atoms with Gasteiger partial charge in [0.25, 0.3) is 0 Å². The van der Waals surface area contributed by atoms with Gasteiger partial charge in [0.05, 0.1) is 5.56 Å². The molecule has 22 heavy (non-hydrogen) atoms. The molecule has 2 amide bonds. The molecule has 0 radical (unpaired) electrons. The summed E-state index contributed by atoms with van der Waals surface area (Å²) in [4.78, 5) is 11.9. The second-order valence-electron chi connectivity index (χ2n) is 4.61.